The standard InChI is InChI=1S/C7H10F2O3S/c1-5(10)7(8,9)6-3-2-4-13(6,11)12/h6H,2-4H2,1H3. The van der Waals surface area contributed by atoms with Gasteiger partial charge in [-0.1, -0.05) is 0 Å². The lowest BCUT2D eigenvalue weighted by atomic mass is 10.1. The minimum Gasteiger partial charge on any atom is -0.293 e. The Labute approximate surface area is 75.0 Å². The van der Waals surface area contributed by atoms with Crippen LogP contribution < -0.4 is 0 Å². The number of halogens is 2. The number of alkyl halides is 2. The zero-order valence-corrected chi connectivity index (χ0v) is 7.90. The lowest BCUT2D eigenvalue weighted by Gasteiger charge is -2.18. The molecule has 1 aliphatic rings. The van der Waals surface area contributed by atoms with Crippen LogP contribution in [0.2, 0.25) is 0 Å². The maximum Gasteiger partial charge on any atom is 0.321 e. The number of hydrogen-bond donors (Lipinski definition) is 0. The molecule has 76 valence electrons. The smallest absolute Gasteiger partial charge is 0.293 e. The van der Waals surface area contributed by atoms with Crippen LogP contribution >= 0.6 is 0 Å². The fourth-order valence-electron chi connectivity index (χ4n) is 1.43. The van der Waals surface area contributed by atoms with Crippen molar-refractivity contribution in [3.63, 3.8) is 0 Å². The van der Waals surface area contributed by atoms with Gasteiger partial charge in [-0.2, -0.15) is 8.78 Å². The molecule has 0 aromatic heterocycles. The first kappa shape index (κ1) is 10.6. The van der Waals surface area contributed by atoms with Crippen molar-refractivity contribution in [3.8, 4) is 0 Å². The summed E-state index contributed by atoms with van der Waals surface area (Å²) in [6, 6.07) is 0. The summed E-state index contributed by atoms with van der Waals surface area (Å²) in [7, 11) is -3.76. The van der Waals surface area contributed by atoms with E-state index in [0.717, 1.165) is 0 Å². The van der Waals surface area contributed by atoms with Gasteiger partial charge in [0.05, 0.1) is 5.75 Å². The second-order valence-electron chi connectivity index (χ2n) is 3.18. The summed E-state index contributed by atoms with van der Waals surface area (Å²) in [5, 5.41) is -1.79. The molecule has 0 radical (unpaired) electrons. The predicted octanol–water partition coefficient (Wildman–Crippen LogP) is 0.788. The Morgan fingerprint density at radius 3 is 2.31 bits per heavy atom. The van der Waals surface area contributed by atoms with Crippen molar-refractivity contribution < 1.29 is 22.0 Å². The van der Waals surface area contributed by atoms with E-state index < -0.39 is 26.8 Å². The van der Waals surface area contributed by atoms with Crippen molar-refractivity contribution in [2.45, 2.75) is 30.9 Å². The molecule has 0 saturated carbocycles. The van der Waals surface area contributed by atoms with Crippen molar-refractivity contribution >= 4 is 15.6 Å². The number of Topliss-reactive ketones (excluding diaryl/α,β-unsaturated/α-hetero) is 1. The van der Waals surface area contributed by atoms with E-state index in [1.54, 1.807) is 0 Å². The molecule has 1 unspecified atom stereocenters. The first-order valence-electron chi connectivity index (χ1n) is 3.89. The van der Waals surface area contributed by atoms with Crippen LogP contribution in [0.25, 0.3) is 0 Å². The molecule has 1 rings (SSSR count). The Kier molecular flexibility index (Phi) is 2.44. The van der Waals surface area contributed by atoms with Crippen LogP contribution in [-0.2, 0) is 14.6 Å². The third-order valence-corrected chi connectivity index (χ3v) is 4.46. The first-order valence-corrected chi connectivity index (χ1v) is 5.60. The average Bonchev–Trinajstić information content (AvgIpc) is 2.29. The first-order chi connectivity index (χ1) is 5.78. The molecule has 1 saturated heterocycles. The molecule has 6 heteroatoms. The highest BCUT2D eigenvalue weighted by molar-refractivity contribution is 7.92. The zero-order chi connectivity index (χ0) is 10.3. The van der Waals surface area contributed by atoms with Gasteiger partial charge in [0, 0.05) is 6.92 Å². The molecule has 1 aliphatic heterocycles. The van der Waals surface area contributed by atoms with Crippen molar-refractivity contribution in [2.75, 3.05) is 5.75 Å². The second-order valence-corrected chi connectivity index (χ2v) is 5.48. The third-order valence-electron chi connectivity index (χ3n) is 2.20. The van der Waals surface area contributed by atoms with Crippen molar-refractivity contribution in [1.82, 2.24) is 0 Å². The molecule has 1 fully saturated rings. The number of hydrogen-bond acceptors (Lipinski definition) is 3. The lowest BCUT2D eigenvalue weighted by molar-refractivity contribution is -0.140. The summed E-state index contributed by atoms with van der Waals surface area (Å²) in [5.41, 5.74) is 0. The quantitative estimate of drug-likeness (QED) is 0.680. The number of carbonyl (C=O) groups excluding carboxylic acids is 1. The van der Waals surface area contributed by atoms with Crippen LogP contribution in [0.5, 0.6) is 0 Å². The molecular weight excluding hydrogens is 202 g/mol. The Bertz CT molecular complexity index is 321. The van der Waals surface area contributed by atoms with Crippen LogP contribution in [-0.4, -0.2) is 31.1 Å². The van der Waals surface area contributed by atoms with Gasteiger partial charge in [-0.3, -0.25) is 4.79 Å². The molecule has 0 amide bonds. The van der Waals surface area contributed by atoms with Crippen molar-refractivity contribution in [2.24, 2.45) is 0 Å². The monoisotopic (exact) mass is 212 g/mol. The minimum absolute atomic E-state index is 0.116. The second kappa shape index (κ2) is 3.01. The van der Waals surface area contributed by atoms with E-state index in [4.69, 9.17) is 0 Å². The normalized spacial score (nSPS) is 27.5. The average molecular weight is 212 g/mol. The number of carbonyl (C=O) groups is 1. The van der Waals surface area contributed by atoms with E-state index in [0.29, 0.717) is 6.92 Å². The fraction of sp³-hybridized carbons (Fsp3) is 0.857. The molecule has 1 heterocycles. The maximum atomic E-state index is 13.0. The van der Waals surface area contributed by atoms with Crippen molar-refractivity contribution in [1.29, 1.82) is 0 Å². The number of rotatable bonds is 2. The van der Waals surface area contributed by atoms with Crippen LogP contribution in [0, 0.1) is 0 Å². The Morgan fingerprint density at radius 2 is 2.00 bits per heavy atom. The van der Waals surface area contributed by atoms with Gasteiger partial charge in [0.2, 0.25) is 0 Å². The number of ketones is 1. The molecule has 1 atom stereocenters. The highest BCUT2D eigenvalue weighted by atomic mass is 32.2. The largest absolute Gasteiger partial charge is 0.321 e. The summed E-state index contributed by atoms with van der Waals surface area (Å²) in [6.07, 6.45) is 0.102. The van der Waals surface area contributed by atoms with Gasteiger partial charge in [-0.25, -0.2) is 8.42 Å². The molecule has 3 nitrogen and oxygen atoms in total. The van der Waals surface area contributed by atoms with E-state index >= 15 is 0 Å². The Morgan fingerprint density at radius 1 is 1.46 bits per heavy atom. The van der Waals surface area contributed by atoms with Gasteiger partial charge >= 0.3 is 5.92 Å². The third kappa shape index (κ3) is 1.72. The predicted molar refractivity (Wildman–Crippen MR) is 42.4 cm³/mol. The summed E-state index contributed by atoms with van der Waals surface area (Å²) >= 11 is 0. The number of sulfone groups is 1. The summed E-state index contributed by atoms with van der Waals surface area (Å²) in [5.74, 6) is -5.32. The van der Waals surface area contributed by atoms with Crippen molar-refractivity contribution in [3.05, 3.63) is 0 Å². The molecular formula is C7H10F2O3S. The van der Waals surface area contributed by atoms with Gasteiger partial charge in [-0.15, -0.1) is 0 Å². The van der Waals surface area contributed by atoms with Gasteiger partial charge in [-0.05, 0) is 12.8 Å². The molecule has 13 heavy (non-hydrogen) atoms. The van der Waals surface area contributed by atoms with Gasteiger partial charge in [0.15, 0.2) is 15.6 Å². The minimum atomic E-state index is -3.76. The summed E-state index contributed by atoms with van der Waals surface area (Å²) in [4.78, 5) is 10.5. The molecule has 0 aromatic carbocycles. The lowest BCUT2D eigenvalue weighted by Crippen LogP contribution is -2.42. The van der Waals surface area contributed by atoms with Crippen LogP contribution in [0.1, 0.15) is 19.8 Å². The van der Waals surface area contributed by atoms with E-state index in [2.05, 4.69) is 0 Å². The van der Waals surface area contributed by atoms with E-state index in [1.165, 1.54) is 0 Å². The highest BCUT2D eigenvalue weighted by Gasteiger charge is 2.53. The Hall–Kier alpha value is -0.520. The van der Waals surface area contributed by atoms with Crippen LogP contribution in [0.15, 0.2) is 0 Å². The molecule has 0 N–H and O–H groups in total. The van der Waals surface area contributed by atoms with E-state index in [9.17, 15) is 22.0 Å². The molecule has 0 bridgehead atoms. The topological polar surface area (TPSA) is 51.2 Å². The molecule has 0 aromatic rings. The fourth-order valence-corrected chi connectivity index (χ4v) is 3.42. The van der Waals surface area contributed by atoms with E-state index in [1.807, 2.05) is 0 Å². The summed E-state index contributed by atoms with van der Waals surface area (Å²) < 4.78 is 48.2. The van der Waals surface area contributed by atoms with E-state index in [-0.39, 0.29) is 18.6 Å². The van der Waals surface area contributed by atoms with Crippen LogP contribution in [0.4, 0.5) is 8.78 Å². The van der Waals surface area contributed by atoms with Gasteiger partial charge < -0.3 is 0 Å². The van der Waals surface area contributed by atoms with Gasteiger partial charge in [0.1, 0.15) is 5.25 Å². The maximum absolute atomic E-state index is 13.0. The SMILES string of the molecule is CC(=O)C(F)(F)C1CCCS1(=O)=O. The Balaban J connectivity index is 3.02. The summed E-state index contributed by atoms with van der Waals surface area (Å²) in [6.45, 7) is 0.716. The van der Waals surface area contributed by atoms with Gasteiger partial charge in [0.25, 0.3) is 0 Å². The molecule has 0 spiro atoms. The zero-order valence-electron chi connectivity index (χ0n) is 7.09. The highest BCUT2D eigenvalue weighted by Crippen LogP contribution is 2.34. The van der Waals surface area contributed by atoms with Crippen LogP contribution in [0.3, 0.4) is 0 Å². The molecule has 0 aliphatic carbocycles.